The average molecular weight is 191 g/mol. The fraction of sp³-hybridized carbons (Fsp3) is 0. The normalized spacial score (nSPS) is 9.43. The molecule has 0 atom stereocenters. The Labute approximate surface area is 80.8 Å². The predicted molar refractivity (Wildman–Crippen MR) is 54.4 cm³/mol. The Balaban J connectivity index is 3.49. The summed E-state index contributed by atoms with van der Waals surface area (Å²) in [5.74, 6) is -1.59. The first-order chi connectivity index (χ1) is 6.61. The summed E-state index contributed by atoms with van der Waals surface area (Å²) < 4.78 is 0. The molecule has 14 heavy (non-hydrogen) atoms. The molecule has 0 radical (unpaired) electrons. The van der Waals surface area contributed by atoms with Crippen LogP contribution in [0.2, 0.25) is 0 Å². The third-order valence-electron chi connectivity index (χ3n) is 1.79. The summed E-state index contributed by atoms with van der Waals surface area (Å²) in [4.78, 5) is 14.2. The molecule has 4 heteroatoms. The van der Waals surface area contributed by atoms with Crippen LogP contribution in [0.1, 0.15) is 15.9 Å². The van der Waals surface area contributed by atoms with Gasteiger partial charge in [0, 0.05) is 5.56 Å². The summed E-state index contributed by atoms with van der Waals surface area (Å²) in [5.41, 5.74) is 0.486. The molecule has 1 rings (SSSR count). The van der Waals surface area contributed by atoms with Crippen molar-refractivity contribution in [3.05, 3.63) is 29.8 Å². The highest BCUT2D eigenvalue weighted by molar-refractivity contribution is 5.94. The summed E-state index contributed by atoms with van der Waals surface area (Å²) in [6.45, 7) is 6.76. The van der Waals surface area contributed by atoms with E-state index in [-0.39, 0.29) is 17.0 Å². The third kappa shape index (κ3) is 1.50. The summed E-state index contributed by atoms with van der Waals surface area (Å²) in [7, 11) is 0. The number of nitrogens with zero attached hydrogens (tertiary/aromatic N) is 1. The van der Waals surface area contributed by atoms with Crippen molar-refractivity contribution < 1.29 is 15.0 Å². The minimum Gasteiger partial charge on any atom is -0.505 e. The maximum Gasteiger partial charge on any atom is 0.339 e. The Morgan fingerprint density at radius 3 is 2.57 bits per heavy atom. The zero-order valence-electron chi connectivity index (χ0n) is 7.40. The summed E-state index contributed by atoms with van der Waals surface area (Å²) >= 11 is 0. The monoisotopic (exact) mass is 191 g/mol. The van der Waals surface area contributed by atoms with E-state index in [2.05, 4.69) is 18.3 Å². The van der Waals surface area contributed by atoms with Gasteiger partial charge in [0.05, 0.1) is 0 Å². The van der Waals surface area contributed by atoms with Gasteiger partial charge >= 0.3 is 5.97 Å². The van der Waals surface area contributed by atoms with Gasteiger partial charge < -0.3 is 10.2 Å². The van der Waals surface area contributed by atoms with Gasteiger partial charge in [0.25, 0.3) is 0 Å². The number of phenols is 1. The van der Waals surface area contributed by atoms with E-state index in [1.165, 1.54) is 18.2 Å². The molecule has 0 spiro atoms. The molecule has 0 aromatic heterocycles. The van der Waals surface area contributed by atoms with Crippen molar-refractivity contribution in [3.63, 3.8) is 0 Å². The molecule has 0 saturated carbocycles. The van der Waals surface area contributed by atoms with Crippen LogP contribution in [0.25, 0.3) is 6.08 Å². The van der Waals surface area contributed by atoms with E-state index in [0.29, 0.717) is 5.56 Å². The highest BCUT2D eigenvalue weighted by atomic mass is 16.4. The highest BCUT2D eigenvalue weighted by Crippen LogP contribution is 2.34. The quantitative estimate of drug-likeness (QED) is 0.718. The van der Waals surface area contributed by atoms with E-state index >= 15 is 0 Å². The van der Waals surface area contributed by atoms with Gasteiger partial charge in [-0.05, 0) is 12.8 Å². The molecule has 72 valence electrons. The Kier molecular flexibility index (Phi) is 2.67. The number of aromatic carboxylic acids is 1. The molecule has 0 bridgehead atoms. The predicted octanol–water partition coefficient (Wildman–Crippen LogP) is 2.07. The Morgan fingerprint density at radius 2 is 2.14 bits per heavy atom. The van der Waals surface area contributed by atoms with Crippen LogP contribution in [-0.2, 0) is 0 Å². The van der Waals surface area contributed by atoms with Gasteiger partial charge in [0.15, 0.2) is 5.75 Å². The van der Waals surface area contributed by atoms with Gasteiger partial charge in [-0.15, -0.1) is 0 Å². The lowest BCUT2D eigenvalue weighted by atomic mass is 10.1. The molecular weight excluding hydrogens is 182 g/mol. The lowest BCUT2D eigenvalue weighted by molar-refractivity contribution is 0.0694. The Bertz CT molecular complexity index is 410. The fourth-order valence-corrected chi connectivity index (χ4v) is 1.10. The molecule has 1 aromatic rings. The van der Waals surface area contributed by atoms with Crippen LogP contribution in [0, 0.1) is 0 Å². The van der Waals surface area contributed by atoms with Crippen molar-refractivity contribution in [3.8, 4) is 5.75 Å². The molecule has 0 amide bonds. The van der Waals surface area contributed by atoms with Crippen molar-refractivity contribution in [2.75, 3.05) is 0 Å². The van der Waals surface area contributed by atoms with Crippen LogP contribution >= 0.6 is 0 Å². The van der Waals surface area contributed by atoms with Crippen molar-refractivity contribution >= 4 is 24.5 Å². The van der Waals surface area contributed by atoms with E-state index in [1.54, 1.807) is 0 Å². The molecule has 4 nitrogen and oxygen atoms in total. The van der Waals surface area contributed by atoms with Gasteiger partial charge in [-0.25, -0.2) is 4.79 Å². The number of aliphatic imine (C=N–C) groups is 1. The minimum atomic E-state index is -1.21. The van der Waals surface area contributed by atoms with E-state index in [4.69, 9.17) is 5.11 Å². The lowest BCUT2D eigenvalue weighted by Crippen LogP contribution is -1.97. The van der Waals surface area contributed by atoms with E-state index in [0.717, 1.165) is 0 Å². The smallest absolute Gasteiger partial charge is 0.339 e. The number of carboxylic acid groups (broad SMARTS) is 1. The molecule has 0 aliphatic heterocycles. The van der Waals surface area contributed by atoms with Crippen molar-refractivity contribution in [2.45, 2.75) is 0 Å². The number of hydrogen-bond acceptors (Lipinski definition) is 3. The molecule has 1 aromatic carbocycles. The van der Waals surface area contributed by atoms with E-state index in [1.807, 2.05) is 0 Å². The Morgan fingerprint density at radius 1 is 1.50 bits per heavy atom. The van der Waals surface area contributed by atoms with Gasteiger partial charge in [-0.2, -0.15) is 0 Å². The summed E-state index contributed by atoms with van der Waals surface area (Å²) in [5, 5.41) is 18.2. The van der Waals surface area contributed by atoms with Crippen LogP contribution in [-0.4, -0.2) is 22.9 Å². The Hall–Kier alpha value is -2.10. The van der Waals surface area contributed by atoms with Crippen LogP contribution in [0.3, 0.4) is 0 Å². The number of hydrogen-bond donors (Lipinski definition) is 2. The molecule has 0 aliphatic carbocycles. The van der Waals surface area contributed by atoms with Crippen LogP contribution in [0.4, 0.5) is 5.69 Å². The molecule has 0 fully saturated rings. The molecule has 2 N–H and O–H groups in total. The SMILES string of the molecule is C=Cc1ccc(C(=O)O)c(O)c1N=C. The van der Waals surface area contributed by atoms with Crippen molar-refractivity contribution in [2.24, 2.45) is 4.99 Å². The average Bonchev–Trinajstić information content (AvgIpc) is 2.16. The first kappa shape index (κ1) is 9.98. The van der Waals surface area contributed by atoms with E-state index in [9.17, 15) is 9.90 Å². The van der Waals surface area contributed by atoms with Gasteiger partial charge in [0.1, 0.15) is 11.3 Å². The number of carbonyl (C=O) groups is 1. The van der Waals surface area contributed by atoms with Crippen molar-refractivity contribution in [1.82, 2.24) is 0 Å². The second-order valence-corrected chi connectivity index (χ2v) is 2.57. The maximum absolute atomic E-state index is 10.6. The highest BCUT2D eigenvalue weighted by Gasteiger charge is 2.14. The molecular formula is C10H9NO3. The number of aromatic hydroxyl groups is 1. The van der Waals surface area contributed by atoms with Crippen LogP contribution in [0.5, 0.6) is 5.75 Å². The minimum absolute atomic E-state index is 0.139. The maximum atomic E-state index is 10.6. The number of rotatable bonds is 3. The lowest BCUT2D eigenvalue weighted by Gasteiger charge is -2.05. The zero-order chi connectivity index (χ0) is 10.7. The zero-order valence-corrected chi connectivity index (χ0v) is 7.40. The summed E-state index contributed by atoms with van der Waals surface area (Å²) in [6, 6.07) is 2.81. The first-order valence-electron chi connectivity index (χ1n) is 3.80. The largest absolute Gasteiger partial charge is 0.505 e. The summed E-state index contributed by atoms with van der Waals surface area (Å²) in [6.07, 6.45) is 1.47. The number of carboxylic acids is 1. The van der Waals surface area contributed by atoms with Gasteiger partial charge in [-0.1, -0.05) is 18.7 Å². The van der Waals surface area contributed by atoms with Crippen molar-refractivity contribution in [1.29, 1.82) is 0 Å². The van der Waals surface area contributed by atoms with E-state index < -0.39 is 5.97 Å². The molecule has 0 saturated heterocycles. The third-order valence-corrected chi connectivity index (χ3v) is 1.79. The fourth-order valence-electron chi connectivity index (χ4n) is 1.10. The molecule has 0 unspecified atom stereocenters. The second-order valence-electron chi connectivity index (χ2n) is 2.57. The molecule has 0 heterocycles. The first-order valence-corrected chi connectivity index (χ1v) is 3.80. The van der Waals surface area contributed by atoms with Crippen LogP contribution in [0.15, 0.2) is 23.7 Å². The molecule has 0 aliphatic rings. The topological polar surface area (TPSA) is 69.9 Å². The van der Waals surface area contributed by atoms with Crippen LogP contribution < -0.4 is 0 Å². The second kappa shape index (κ2) is 3.74. The van der Waals surface area contributed by atoms with Gasteiger partial charge in [0.2, 0.25) is 0 Å². The standard InChI is InChI=1S/C10H9NO3/c1-3-6-4-5-7(10(13)14)9(12)8(6)11-2/h3-5,12H,1-2H2,(H,13,14). The van der Waals surface area contributed by atoms with Gasteiger partial charge in [-0.3, -0.25) is 4.99 Å². The number of benzene rings is 1.